The van der Waals surface area contributed by atoms with Crippen LogP contribution in [0.1, 0.15) is 10.5 Å². The van der Waals surface area contributed by atoms with Crippen molar-refractivity contribution in [1.82, 2.24) is 20.2 Å². The molecule has 2 heterocycles. The molecule has 0 saturated heterocycles. The number of carboxylic acids is 1. The number of fused-ring (bicyclic) bond motifs is 1. The van der Waals surface area contributed by atoms with Crippen molar-refractivity contribution in [2.24, 2.45) is 0 Å². The number of hydrogen-bond donors (Lipinski definition) is 1. The van der Waals surface area contributed by atoms with Crippen LogP contribution < -0.4 is 0 Å². The van der Waals surface area contributed by atoms with Gasteiger partial charge < -0.3 is 5.11 Å². The van der Waals surface area contributed by atoms with Gasteiger partial charge in [-0.15, -0.1) is 10.2 Å². The highest BCUT2D eigenvalue weighted by Crippen LogP contribution is 2.06. The molecule has 0 spiro atoms. The first-order valence-corrected chi connectivity index (χ1v) is 3.44. The molecule has 2 rings (SSSR count). The first kappa shape index (κ1) is 7.53. The monoisotopic (exact) mass is 176 g/mol. The number of aromatic nitrogens is 4. The van der Waals surface area contributed by atoms with Gasteiger partial charge in [0, 0.05) is 6.07 Å². The van der Waals surface area contributed by atoms with Gasteiger partial charge in [-0.05, 0) is 0 Å². The summed E-state index contributed by atoms with van der Waals surface area (Å²) < 4.78 is 0. The minimum absolute atomic E-state index is 0.0604. The molecule has 0 unspecified atom stereocenters. The molecule has 0 bridgehead atoms. The summed E-state index contributed by atoms with van der Waals surface area (Å²) in [5, 5.41) is 15.9. The van der Waals surface area contributed by atoms with Gasteiger partial charge >= 0.3 is 5.97 Å². The summed E-state index contributed by atoms with van der Waals surface area (Å²) in [6, 6.07) is 1.33. The van der Waals surface area contributed by atoms with Gasteiger partial charge in [0.15, 0.2) is 5.69 Å². The quantitative estimate of drug-likeness (QED) is 0.663. The van der Waals surface area contributed by atoms with Gasteiger partial charge in [-0.3, -0.25) is 0 Å². The molecule has 2 aromatic heterocycles. The topological polar surface area (TPSA) is 88.9 Å². The van der Waals surface area contributed by atoms with E-state index in [1.54, 1.807) is 0 Å². The molecular weight excluding hydrogens is 172 g/mol. The minimum atomic E-state index is -1.09. The number of carboxylic acid groups (broad SMARTS) is 1. The van der Waals surface area contributed by atoms with Crippen LogP contribution in [-0.4, -0.2) is 31.2 Å². The average Bonchev–Trinajstić information content (AvgIpc) is 2.17. The highest BCUT2D eigenvalue weighted by molar-refractivity contribution is 5.89. The summed E-state index contributed by atoms with van der Waals surface area (Å²) in [7, 11) is 0. The van der Waals surface area contributed by atoms with Crippen molar-refractivity contribution in [1.29, 1.82) is 0 Å². The Kier molecular flexibility index (Phi) is 1.59. The Bertz CT molecular complexity index is 471. The Morgan fingerprint density at radius 1 is 1.31 bits per heavy atom. The zero-order chi connectivity index (χ0) is 9.26. The third-order valence-corrected chi connectivity index (χ3v) is 1.49. The molecule has 6 heteroatoms. The van der Waals surface area contributed by atoms with Gasteiger partial charge in [0.2, 0.25) is 0 Å². The van der Waals surface area contributed by atoms with Crippen molar-refractivity contribution in [2.75, 3.05) is 0 Å². The lowest BCUT2D eigenvalue weighted by atomic mass is 10.3. The van der Waals surface area contributed by atoms with Crippen LogP contribution in [0, 0.1) is 0 Å². The average molecular weight is 176 g/mol. The number of nitrogens with zero attached hydrogens (tertiary/aromatic N) is 4. The normalized spacial score (nSPS) is 10.2. The molecule has 0 radical (unpaired) electrons. The lowest BCUT2D eigenvalue weighted by molar-refractivity contribution is 0.0690. The van der Waals surface area contributed by atoms with Crippen molar-refractivity contribution < 1.29 is 9.90 Å². The van der Waals surface area contributed by atoms with Gasteiger partial charge in [0.05, 0.1) is 6.20 Å². The van der Waals surface area contributed by atoms with Crippen LogP contribution >= 0.6 is 0 Å². The number of carbonyl (C=O) groups is 1. The van der Waals surface area contributed by atoms with Crippen molar-refractivity contribution in [3.05, 3.63) is 24.3 Å². The largest absolute Gasteiger partial charge is 0.477 e. The molecule has 1 N–H and O–H groups in total. The molecule has 0 amide bonds. The molecule has 0 saturated carbocycles. The van der Waals surface area contributed by atoms with E-state index in [4.69, 9.17) is 5.11 Å². The van der Waals surface area contributed by atoms with E-state index in [1.807, 2.05) is 0 Å². The summed E-state index contributed by atoms with van der Waals surface area (Å²) in [6.07, 6.45) is 2.64. The van der Waals surface area contributed by atoms with E-state index in [2.05, 4.69) is 20.2 Å². The lowest BCUT2D eigenvalue weighted by Crippen LogP contribution is -2.00. The fraction of sp³-hybridized carbons (Fsp3) is 0. The van der Waals surface area contributed by atoms with Crippen LogP contribution in [-0.2, 0) is 0 Å². The van der Waals surface area contributed by atoms with Crippen LogP contribution in [0.25, 0.3) is 11.0 Å². The fourth-order valence-electron chi connectivity index (χ4n) is 0.910. The standard InChI is InChI=1S/C7H4N4O2/c12-7(13)5-1-4-6(2-8-5)9-3-10-11-4/h1-3H,(H,12,13). The van der Waals surface area contributed by atoms with Crippen molar-refractivity contribution >= 4 is 17.0 Å². The Morgan fingerprint density at radius 3 is 2.92 bits per heavy atom. The summed E-state index contributed by atoms with van der Waals surface area (Å²) >= 11 is 0. The second-order valence-electron chi connectivity index (χ2n) is 2.32. The van der Waals surface area contributed by atoms with Crippen molar-refractivity contribution in [3.8, 4) is 0 Å². The molecule has 0 fully saturated rings. The highest BCUT2D eigenvalue weighted by atomic mass is 16.4. The van der Waals surface area contributed by atoms with Gasteiger partial charge in [-0.1, -0.05) is 0 Å². The molecule has 13 heavy (non-hydrogen) atoms. The number of pyridine rings is 1. The van der Waals surface area contributed by atoms with Gasteiger partial charge in [-0.25, -0.2) is 14.8 Å². The van der Waals surface area contributed by atoms with Crippen LogP contribution in [0.15, 0.2) is 18.6 Å². The van der Waals surface area contributed by atoms with E-state index in [1.165, 1.54) is 18.6 Å². The zero-order valence-electron chi connectivity index (χ0n) is 6.38. The molecular formula is C7H4N4O2. The molecule has 0 aliphatic carbocycles. The molecule has 0 aromatic carbocycles. The van der Waals surface area contributed by atoms with Crippen molar-refractivity contribution in [3.63, 3.8) is 0 Å². The number of rotatable bonds is 1. The first-order valence-electron chi connectivity index (χ1n) is 3.44. The molecule has 2 aromatic rings. The highest BCUT2D eigenvalue weighted by Gasteiger charge is 2.05. The fourth-order valence-corrected chi connectivity index (χ4v) is 0.910. The lowest BCUT2D eigenvalue weighted by Gasteiger charge is -1.94. The van der Waals surface area contributed by atoms with E-state index in [0.29, 0.717) is 11.0 Å². The zero-order valence-corrected chi connectivity index (χ0v) is 6.38. The van der Waals surface area contributed by atoms with Gasteiger partial charge in [0.25, 0.3) is 0 Å². The molecule has 6 nitrogen and oxygen atoms in total. The Hall–Kier alpha value is -2.11. The van der Waals surface area contributed by atoms with Crippen LogP contribution in [0.4, 0.5) is 0 Å². The SMILES string of the molecule is O=C(O)c1cc2nncnc2cn1. The molecule has 64 valence electrons. The maximum Gasteiger partial charge on any atom is 0.354 e. The predicted octanol–water partition coefficient (Wildman–Crippen LogP) is 0.118. The molecule has 0 aliphatic heterocycles. The Balaban J connectivity index is 2.69. The summed E-state index contributed by atoms with van der Waals surface area (Å²) in [5.74, 6) is -1.09. The Morgan fingerprint density at radius 2 is 2.15 bits per heavy atom. The maximum atomic E-state index is 10.5. The third-order valence-electron chi connectivity index (χ3n) is 1.49. The van der Waals surface area contributed by atoms with Crippen molar-refractivity contribution in [2.45, 2.75) is 0 Å². The first-order chi connectivity index (χ1) is 6.27. The second kappa shape index (κ2) is 2.74. The predicted molar refractivity (Wildman–Crippen MR) is 42.1 cm³/mol. The minimum Gasteiger partial charge on any atom is -0.477 e. The van der Waals surface area contributed by atoms with Crippen LogP contribution in [0.5, 0.6) is 0 Å². The van der Waals surface area contributed by atoms with E-state index >= 15 is 0 Å². The number of aromatic carboxylic acids is 1. The molecule has 0 atom stereocenters. The second-order valence-corrected chi connectivity index (χ2v) is 2.32. The number of hydrogen-bond acceptors (Lipinski definition) is 5. The maximum absolute atomic E-state index is 10.5. The molecule has 0 aliphatic rings. The van der Waals surface area contributed by atoms with E-state index in [-0.39, 0.29) is 5.69 Å². The van der Waals surface area contributed by atoms with E-state index < -0.39 is 5.97 Å². The smallest absolute Gasteiger partial charge is 0.354 e. The van der Waals surface area contributed by atoms with Crippen LogP contribution in [0.2, 0.25) is 0 Å². The summed E-state index contributed by atoms with van der Waals surface area (Å²) in [5.41, 5.74) is 0.893. The van der Waals surface area contributed by atoms with Gasteiger partial charge in [-0.2, -0.15) is 0 Å². The third kappa shape index (κ3) is 1.28. The van der Waals surface area contributed by atoms with Gasteiger partial charge in [0.1, 0.15) is 17.4 Å². The van der Waals surface area contributed by atoms with E-state index in [0.717, 1.165) is 0 Å². The summed E-state index contributed by atoms with van der Waals surface area (Å²) in [4.78, 5) is 18.0. The van der Waals surface area contributed by atoms with Crippen LogP contribution in [0.3, 0.4) is 0 Å². The van der Waals surface area contributed by atoms with E-state index in [9.17, 15) is 4.79 Å². The summed E-state index contributed by atoms with van der Waals surface area (Å²) in [6.45, 7) is 0. The Labute approximate surface area is 72.3 Å².